The summed E-state index contributed by atoms with van der Waals surface area (Å²) in [7, 11) is 0. The molecular formula is C16H18ClN3O2. The van der Waals surface area contributed by atoms with Gasteiger partial charge >= 0.3 is 0 Å². The zero-order valence-electron chi connectivity index (χ0n) is 12.2. The molecule has 5 nitrogen and oxygen atoms in total. The van der Waals surface area contributed by atoms with Crippen molar-refractivity contribution in [2.24, 2.45) is 5.73 Å². The lowest BCUT2D eigenvalue weighted by atomic mass is 10.2. The average molecular weight is 320 g/mol. The minimum Gasteiger partial charge on any atom is -0.441 e. The van der Waals surface area contributed by atoms with Crippen LogP contribution in [0.3, 0.4) is 0 Å². The minimum atomic E-state index is 0.102. The maximum absolute atomic E-state index is 12.1. The molecule has 1 aliphatic rings. The summed E-state index contributed by atoms with van der Waals surface area (Å²) in [6.45, 7) is 1.39. The van der Waals surface area contributed by atoms with E-state index >= 15 is 0 Å². The lowest BCUT2D eigenvalue weighted by molar-refractivity contribution is -0.130. The molecule has 1 aromatic heterocycles. The van der Waals surface area contributed by atoms with E-state index in [-0.39, 0.29) is 11.9 Å². The fourth-order valence-corrected chi connectivity index (χ4v) is 2.83. The highest BCUT2D eigenvalue weighted by Crippen LogP contribution is 2.28. The summed E-state index contributed by atoms with van der Waals surface area (Å²) >= 11 is 6.13. The van der Waals surface area contributed by atoms with Crippen molar-refractivity contribution in [2.45, 2.75) is 25.3 Å². The van der Waals surface area contributed by atoms with Crippen LogP contribution in [0.4, 0.5) is 0 Å². The molecular weight excluding hydrogens is 302 g/mol. The van der Waals surface area contributed by atoms with Crippen molar-refractivity contribution < 1.29 is 9.21 Å². The van der Waals surface area contributed by atoms with Crippen molar-refractivity contribution in [1.29, 1.82) is 0 Å². The highest BCUT2D eigenvalue weighted by Gasteiger charge is 2.23. The van der Waals surface area contributed by atoms with Gasteiger partial charge in [0.25, 0.3) is 0 Å². The van der Waals surface area contributed by atoms with Gasteiger partial charge in [0.15, 0.2) is 11.7 Å². The molecule has 22 heavy (non-hydrogen) atoms. The standard InChI is InChI=1S/C16H18ClN3O2/c17-13-4-2-1-3-12(13)14-9-19-15(22-14)5-6-16(21)20-8-7-11(18)10-20/h1-4,9,11H,5-8,10,18H2/t11-/m1/s1. The van der Waals surface area contributed by atoms with Gasteiger partial charge in [-0.2, -0.15) is 0 Å². The van der Waals surface area contributed by atoms with Crippen molar-refractivity contribution >= 4 is 17.5 Å². The van der Waals surface area contributed by atoms with Gasteiger partial charge in [-0.05, 0) is 18.6 Å². The molecule has 1 atom stereocenters. The van der Waals surface area contributed by atoms with Crippen molar-refractivity contribution in [3.05, 3.63) is 41.4 Å². The summed E-state index contributed by atoms with van der Waals surface area (Å²) in [5, 5.41) is 0.618. The van der Waals surface area contributed by atoms with Crippen LogP contribution in [0.1, 0.15) is 18.7 Å². The molecule has 3 rings (SSSR count). The second-order valence-electron chi connectivity index (χ2n) is 5.49. The zero-order valence-corrected chi connectivity index (χ0v) is 12.9. The molecule has 2 N–H and O–H groups in total. The predicted molar refractivity (Wildman–Crippen MR) is 84.4 cm³/mol. The highest BCUT2D eigenvalue weighted by atomic mass is 35.5. The fourth-order valence-electron chi connectivity index (χ4n) is 2.60. The number of hydrogen-bond donors (Lipinski definition) is 1. The zero-order chi connectivity index (χ0) is 15.5. The summed E-state index contributed by atoms with van der Waals surface area (Å²) in [6.07, 6.45) is 3.39. The molecule has 0 bridgehead atoms. The molecule has 0 saturated carbocycles. The largest absolute Gasteiger partial charge is 0.441 e. The Kier molecular flexibility index (Phi) is 4.45. The van der Waals surface area contributed by atoms with Crippen LogP contribution >= 0.6 is 11.6 Å². The Balaban J connectivity index is 1.60. The molecule has 0 unspecified atom stereocenters. The van der Waals surface area contributed by atoms with E-state index in [0.717, 1.165) is 18.5 Å². The Morgan fingerprint density at radius 3 is 3.00 bits per heavy atom. The number of nitrogens with zero attached hydrogens (tertiary/aromatic N) is 2. The van der Waals surface area contributed by atoms with Crippen LogP contribution in [0, 0.1) is 0 Å². The molecule has 1 aromatic carbocycles. The van der Waals surface area contributed by atoms with E-state index in [4.69, 9.17) is 21.8 Å². The lowest BCUT2D eigenvalue weighted by Gasteiger charge is -2.14. The summed E-state index contributed by atoms with van der Waals surface area (Å²) in [6, 6.07) is 7.55. The van der Waals surface area contributed by atoms with E-state index in [9.17, 15) is 4.79 Å². The fraction of sp³-hybridized carbons (Fsp3) is 0.375. The number of aromatic nitrogens is 1. The summed E-state index contributed by atoms with van der Waals surface area (Å²) in [5.74, 6) is 1.27. The molecule has 1 aliphatic heterocycles. The summed E-state index contributed by atoms with van der Waals surface area (Å²) < 4.78 is 5.69. The molecule has 1 fully saturated rings. The second-order valence-corrected chi connectivity index (χ2v) is 5.89. The monoisotopic (exact) mass is 319 g/mol. The molecule has 0 spiro atoms. The Morgan fingerprint density at radius 2 is 2.27 bits per heavy atom. The van der Waals surface area contributed by atoms with Gasteiger partial charge in [-0.1, -0.05) is 23.7 Å². The van der Waals surface area contributed by atoms with Crippen LogP contribution in [0.15, 0.2) is 34.9 Å². The Labute approximate surface area is 134 Å². The molecule has 0 radical (unpaired) electrons. The number of carbonyl (C=O) groups excluding carboxylic acids is 1. The van der Waals surface area contributed by atoms with Crippen LogP contribution in [0.2, 0.25) is 5.02 Å². The number of rotatable bonds is 4. The van der Waals surface area contributed by atoms with Crippen molar-refractivity contribution in [3.8, 4) is 11.3 Å². The summed E-state index contributed by atoms with van der Waals surface area (Å²) in [4.78, 5) is 18.1. The van der Waals surface area contributed by atoms with E-state index in [1.54, 1.807) is 12.3 Å². The van der Waals surface area contributed by atoms with Gasteiger partial charge in [0.1, 0.15) is 0 Å². The van der Waals surface area contributed by atoms with E-state index in [2.05, 4.69) is 4.98 Å². The Hall–Kier alpha value is -1.85. The first-order valence-corrected chi connectivity index (χ1v) is 7.74. The van der Waals surface area contributed by atoms with Gasteiger partial charge in [-0.25, -0.2) is 4.98 Å². The first kappa shape index (κ1) is 15.1. The van der Waals surface area contributed by atoms with Gasteiger partial charge in [0.2, 0.25) is 5.91 Å². The number of oxazole rings is 1. The van der Waals surface area contributed by atoms with Crippen LogP contribution in [0.5, 0.6) is 0 Å². The van der Waals surface area contributed by atoms with Crippen molar-refractivity contribution in [3.63, 3.8) is 0 Å². The number of halogens is 1. The first-order chi connectivity index (χ1) is 10.6. The van der Waals surface area contributed by atoms with Crippen molar-refractivity contribution in [2.75, 3.05) is 13.1 Å². The Bertz CT molecular complexity index is 671. The Morgan fingerprint density at radius 1 is 1.45 bits per heavy atom. The van der Waals surface area contributed by atoms with Crippen molar-refractivity contribution in [1.82, 2.24) is 9.88 Å². The average Bonchev–Trinajstić information content (AvgIpc) is 3.14. The number of amides is 1. The number of aryl methyl sites for hydroxylation is 1. The van der Waals surface area contributed by atoms with Gasteiger partial charge in [0.05, 0.1) is 11.2 Å². The van der Waals surface area contributed by atoms with Gasteiger partial charge in [0, 0.05) is 37.5 Å². The molecule has 6 heteroatoms. The van der Waals surface area contributed by atoms with Crippen LogP contribution in [0.25, 0.3) is 11.3 Å². The number of nitrogens with two attached hydrogens (primary N) is 1. The number of likely N-dealkylation sites (tertiary alicyclic amines) is 1. The van der Waals surface area contributed by atoms with Crippen LogP contribution < -0.4 is 5.73 Å². The second kappa shape index (κ2) is 6.50. The third-order valence-electron chi connectivity index (χ3n) is 3.82. The maximum atomic E-state index is 12.1. The lowest BCUT2D eigenvalue weighted by Crippen LogP contribution is -2.31. The normalized spacial score (nSPS) is 17.9. The third-order valence-corrected chi connectivity index (χ3v) is 4.15. The van der Waals surface area contributed by atoms with E-state index in [0.29, 0.717) is 36.1 Å². The molecule has 1 saturated heterocycles. The maximum Gasteiger partial charge on any atom is 0.223 e. The summed E-state index contributed by atoms with van der Waals surface area (Å²) in [5.41, 5.74) is 6.62. The van der Waals surface area contributed by atoms with Crippen LogP contribution in [-0.2, 0) is 11.2 Å². The number of benzene rings is 1. The molecule has 1 amide bonds. The molecule has 2 heterocycles. The van der Waals surface area contributed by atoms with Gasteiger partial charge < -0.3 is 15.1 Å². The molecule has 2 aromatic rings. The van der Waals surface area contributed by atoms with E-state index < -0.39 is 0 Å². The van der Waals surface area contributed by atoms with E-state index in [1.807, 2.05) is 23.1 Å². The molecule has 0 aliphatic carbocycles. The van der Waals surface area contributed by atoms with Crippen LogP contribution in [-0.4, -0.2) is 34.9 Å². The molecule has 116 valence electrons. The SMILES string of the molecule is N[C@@H]1CCN(C(=O)CCc2ncc(-c3ccccc3Cl)o2)C1. The highest BCUT2D eigenvalue weighted by molar-refractivity contribution is 6.33. The number of hydrogen-bond acceptors (Lipinski definition) is 4. The predicted octanol–water partition coefficient (Wildman–Crippen LogP) is 2.49. The van der Waals surface area contributed by atoms with Gasteiger partial charge in [-0.3, -0.25) is 4.79 Å². The topological polar surface area (TPSA) is 72.4 Å². The van der Waals surface area contributed by atoms with E-state index in [1.165, 1.54) is 0 Å². The number of carbonyl (C=O) groups is 1. The quantitative estimate of drug-likeness (QED) is 0.939. The minimum absolute atomic E-state index is 0.102. The third kappa shape index (κ3) is 3.31. The van der Waals surface area contributed by atoms with Gasteiger partial charge in [-0.15, -0.1) is 0 Å². The smallest absolute Gasteiger partial charge is 0.223 e. The first-order valence-electron chi connectivity index (χ1n) is 7.36.